The Hall–Kier alpha value is -0.860. The zero-order chi connectivity index (χ0) is 15.2. The lowest BCUT2D eigenvalue weighted by Gasteiger charge is -2.48. The van der Waals surface area contributed by atoms with Crippen molar-refractivity contribution < 1.29 is 8.42 Å². The molecular weight excluding hydrogens is 338 g/mol. The Morgan fingerprint density at radius 2 is 1.75 bits per heavy atom. The summed E-state index contributed by atoms with van der Waals surface area (Å²) in [5.74, 6) is 0.271. The smallest absolute Gasteiger partial charge is 0.197 e. The number of benzene rings is 1. The van der Waals surface area contributed by atoms with Crippen LogP contribution in [0.3, 0.4) is 0 Å². The third kappa shape index (κ3) is 2.40. The zero-order valence-electron chi connectivity index (χ0n) is 11.9. The molecule has 0 unspecified atom stereocenters. The molecule has 108 valence electrons. The van der Waals surface area contributed by atoms with E-state index in [9.17, 15) is 13.7 Å². The van der Waals surface area contributed by atoms with Gasteiger partial charge in [-0.25, -0.2) is 8.42 Å². The van der Waals surface area contributed by atoms with Crippen LogP contribution in [0.1, 0.15) is 33.6 Å². The summed E-state index contributed by atoms with van der Waals surface area (Å²) in [5.41, 5.74) is 0.0373. The summed E-state index contributed by atoms with van der Waals surface area (Å²) in [5, 5.41) is 9.43. The van der Waals surface area contributed by atoms with E-state index in [0.29, 0.717) is 12.8 Å². The van der Waals surface area contributed by atoms with Gasteiger partial charge < -0.3 is 0 Å². The van der Waals surface area contributed by atoms with Crippen molar-refractivity contribution in [3.8, 4) is 6.07 Å². The summed E-state index contributed by atoms with van der Waals surface area (Å²) >= 11 is 3.29. The molecule has 1 aromatic rings. The van der Waals surface area contributed by atoms with Gasteiger partial charge in [0.1, 0.15) is 0 Å². The minimum Gasteiger partial charge on any atom is -0.222 e. The highest BCUT2D eigenvalue weighted by Gasteiger charge is 2.57. The van der Waals surface area contributed by atoms with E-state index in [2.05, 4.69) is 42.8 Å². The molecule has 0 amide bonds. The Morgan fingerprint density at radius 3 is 2.15 bits per heavy atom. The Morgan fingerprint density at radius 1 is 1.25 bits per heavy atom. The van der Waals surface area contributed by atoms with Gasteiger partial charge in [0.05, 0.1) is 11.0 Å². The lowest BCUT2D eigenvalue weighted by molar-refractivity contribution is 0.117. The van der Waals surface area contributed by atoms with Crippen molar-refractivity contribution in [2.24, 2.45) is 11.3 Å². The fourth-order valence-electron chi connectivity index (χ4n) is 2.56. The van der Waals surface area contributed by atoms with Crippen LogP contribution in [-0.2, 0) is 9.84 Å². The highest BCUT2D eigenvalue weighted by atomic mass is 79.9. The van der Waals surface area contributed by atoms with Crippen molar-refractivity contribution in [2.45, 2.75) is 43.3 Å². The molecule has 0 bridgehead atoms. The molecule has 1 fully saturated rings. The predicted molar refractivity (Wildman–Crippen MR) is 81.9 cm³/mol. The first-order chi connectivity index (χ1) is 9.12. The average molecular weight is 356 g/mol. The minimum atomic E-state index is -3.61. The summed E-state index contributed by atoms with van der Waals surface area (Å²) in [6.07, 6.45) is 0.844. The quantitative estimate of drug-likeness (QED) is 0.806. The monoisotopic (exact) mass is 355 g/mol. The van der Waals surface area contributed by atoms with Crippen molar-refractivity contribution in [2.75, 3.05) is 0 Å². The van der Waals surface area contributed by atoms with E-state index in [0.717, 1.165) is 4.47 Å². The maximum atomic E-state index is 12.7. The van der Waals surface area contributed by atoms with Gasteiger partial charge >= 0.3 is 0 Å². The second kappa shape index (κ2) is 4.85. The molecule has 0 radical (unpaired) electrons. The minimum absolute atomic E-state index is 0.0373. The highest BCUT2D eigenvalue weighted by Crippen LogP contribution is 2.52. The number of halogens is 1. The number of nitrogens with zero attached hydrogens (tertiary/aromatic N) is 1. The Labute approximate surface area is 129 Å². The number of hydrogen-bond donors (Lipinski definition) is 0. The Balaban J connectivity index is 2.35. The summed E-state index contributed by atoms with van der Waals surface area (Å²) < 4.78 is 25.0. The fourth-order valence-corrected chi connectivity index (χ4v) is 4.73. The third-order valence-corrected chi connectivity index (χ3v) is 7.09. The maximum Gasteiger partial charge on any atom is 0.197 e. The van der Waals surface area contributed by atoms with Gasteiger partial charge in [-0.3, -0.25) is 0 Å². The molecule has 1 aromatic carbocycles. The first-order valence-electron chi connectivity index (χ1n) is 6.54. The van der Waals surface area contributed by atoms with Crippen molar-refractivity contribution in [3.63, 3.8) is 0 Å². The van der Waals surface area contributed by atoms with Gasteiger partial charge in [0.25, 0.3) is 0 Å². The molecule has 0 N–H and O–H groups in total. The maximum absolute atomic E-state index is 12.7. The molecule has 0 heterocycles. The van der Waals surface area contributed by atoms with Crippen LogP contribution in [-0.4, -0.2) is 13.2 Å². The predicted octanol–water partition coefficient (Wildman–Crippen LogP) is 3.94. The van der Waals surface area contributed by atoms with E-state index in [4.69, 9.17) is 0 Å². The number of nitriles is 1. The summed E-state index contributed by atoms with van der Waals surface area (Å²) in [6, 6.07) is 8.57. The Bertz CT molecular complexity index is 645. The first-order valence-corrected chi connectivity index (χ1v) is 8.81. The SMILES string of the molecule is CC(C)(C)C1CC(C#N)(S(=O)(=O)c2ccc(Br)cc2)C1. The van der Waals surface area contributed by atoms with Gasteiger partial charge in [-0.05, 0) is 48.4 Å². The van der Waals surface area contributed by atoms with Crippen molar-refractivity contribution >= 4 is 25.8 Å². The van der Waals surface area contributed by atoms with E-state index in [1.54, 1.807) is 24.3 Å². The normalized spacial score (nSPS) is 26.6. The van der Waals surface area contributed by atoms with Gasteiger partial charge in [0.15, 0.2) is 14.6 Å². The van der Waals surface area contributed by atoms with Gasteiger partial charge in [0.2, 0.25) is 0 Å². The highest BCUT2D eigenvalue weighted by molar-refractivity contribution is 9.10. The molecular formula is C15H18BrNO2S. The molecule has 3 nitrogen and oxygen atoms in total. The fraction of sp³-hybridized carbons (Fsp3) is 0.533. The molecule has 0 atom stereocenters. The number of sulfone groups is 1. The van der Waals surface area contributed by atoms with Crippen molar-refractivity contribution in [1.29, 1.82) is 5.26 Å². The van der Waals surface area contributed by atoms with Crippen LogP contribution in [0.5, 0.6) is 0 Å². The average Bonchev–Trinajstić information content (AvgIpc) is 2.26. The van der Waals surface area contributed by atoms with E-state index in [-0.39, 0.29) is 16.2 Å². The van der Waals surface area contributed by atoms with Crippen LogP contribution < -0.4 is 0 Å². The third-order valence-electron chi connectivity index (χ3n) is 4.22. The van der Waals surface area contributed by atoms with Gasteiger partial charge in [0, 0.05) is 4.47 Å². The second-order valence-electron chi connectivity index (χ2n) is 6.53. The first kappa shape index (κ1) is 15.5. The van der Waals surface area contributed by atoms with E-state index in [1.807, 2.05) is 0 Å². The molecule has 20 heavy (non-hydrogen) atoms. The standard InChI is InChI=1S/C15H18BrNO2S/c1-14(2,3)11-8-15(9-11,10-17)20(18,19)13-6-4-12(16)5-7-13/h4-7,11H,8-9H2,1-3H3. The van der Waals surface area contributed by atoms with Crippen LogP contribution >= 0.6 is 15.9 Å². The topological polar surface area (TPSA) is 57.9 Å². The van der Waals surface area contributed by atoms with E-state index in [1.165, 1.54) is 0 Å². The summed E-state index contributed by atoms with van der Waals surface area (Å²) in [7, 11) is -3.61. The summed E-state index contributed by atoms with van der Waals surface area (Å²) in [6.45, 7) is 6.27. The van der Waals surface area contributed by atoms with Crippen LogP contribution in [0.2, 0.25) is 0 Å². The van der Waals surface area contributed by atoms with Gasteiger partial charge in [-0.1, -0.05) is 36.7 Å². The molecule has 0 spiro atoms. The molecule has 1 aliphatic carbocycles. The van der Waals surface area contributed by atoms with Crippen LogP contribution in [0, 0.1) is 22.7 Å². The van der Waals surface area contributed by atoms with Gasteiger partial charge in [-0.2, -0.15) is 5.26 Å². The summed E-state index contributed by atoms with van der Waals surface area (Å²) in [4.78, 5) is 0.231. The molecule has 1 aliphatic rings. The molecule has 1 saturated carbocycles. The Kier molecular flexibility index (Phi) is 3.77. The lowest BCUT2D eigenvalue weighted by Crippen LogP contribution is -2.52. The second-order valence-corrected chi connectivity index (χ2v) is 9.71. The molecule has 0 saturated heterocycles. The largest absolute Gasteiger partial charge is 0.222 e. The number of rotatable bonds is 2. The lowest BCUT2D eigenvalue weighted by atomic mass is 9.63. The van der Waals surface area contributed by atoms with Crippen LogP contribution in [0.4, 0.5) is 0 Å². The molecule has 2 rings (SSSR count). The van der Waals surface area contributed by atoms with Crippen molar-refractivity contribution in [3.05, 3.63) is 28.7 Å². The molecule has 0 aliphatic heterocycles. The van der Waals surface area contributed by atoms with Crippen LogP contribution in [0.15, 0.2) is 33.6 Å². The van der Waals surface area contributed by atoms with E-state index >= 15 is 0 Å². The van der Waals surface area contributed by atoms with E-state index < -0.39 is 14.6 Å². The van der Waals surface area contributed by atoms with Crippen molar-refractivity contribution in [1.82, 2.24) is 0 Å². The molecule has 5 heteroatoms. The zero-order valence-corrected chi connectivity index (χ0v) is 14.3. The van der Waals surface area contributed by atoms with Crippen LogP contribution in [0.25, 0.3) is 0 Å². The molecule has 0 aromatic heterocycles. The van der Waals surface area contributed by atoms with Gasteiger partial charge in [-0.15, -0.1) is 0 Å². The number of hydrogen-bond acceptors (Lipinski definition) is 3.